The third-order valence-electron chi connectivity index (χ3n) is 2.33. The second-order valence-corrected chi connectivity index (χ2v) is 4.62. The molecule has 4 heteroatoms. The minimum Gasteiger partial charge on any atom is -0.456 e. The van der Waals surface area contributed by atoms with Crippen LogP contribution in [0.3, 0.4) is 0 Å². The first-order valence-corrected chi connectivity index (χ1v) is 6.09. The molecule has 1 aromatic heterocycles. The van der Waals surface area contributed by atoms with Crippen LogP contribution in [0.15, 0.2) is 47.2 Å². The first-order chi connectivity index (χ1) is 8.16. The lowest BCUT2D eigenvalue weighted by Gasteiger charge is -2.11. The van der Waals surface area contributed by atoms with Gasteiger partial charge >= 0.3 is 0 Å². The Kier molecular flexibility index (Phi) is 3.76. The molecule has 0 saturated heterocycles. The molecule has 1 unspecified atom stereocenters. The van der Waals surface area contributed by atoms with E-state index in [1.54, 1.807) is 12.4 Å². The van der Waals surface area contributed by atoms with E-state index in [1.165, 1.54) is 0 Å². The predicted molar refractivity (Wildman–Crippen MR) is 71.1 cm³/mol. The summed E-state index contributed by atoms with van der Waals surface area (Å²) < 4.78 is 6.61. The molecule has 0 aliphatic carbocycles. The highest BCUT2D eigenvalue weighted by atomic mass is 79.9. The first kappa shape index (κ1) is 12.1. The van der Waals surface area contributed by atoms with Crippen molar-refractivity contribution in [3.8, 4) is 11.5 Å². The molecule has 0 spiro atoms. The SMILES string of the molecule is CC(N)c1ccc(Oc2cccnc2)cc1Br. The van der Waals surface area contributed by atoms with Crippen molar-refractivity contribution in [1.29, 1.82) is 0 Å². The number of nitrogens with zero attached hydrogens (tertiary/aromatic N) is 1. The Balaban J connectivity index is 2.21. The smallest absolute Gasteiger partial charge is 0.145 e. The van der Waals surface area contributed by atoms with Crippen LogP contribution < -0.4 is 10.5 Å². The minimum atomic E-state index is -0.00295. The van der Waals surface area contributed by atoms with Crippen LogP contribution in [-0.2, 0) is 0 Å². The summed E-state index contributed by atoms with van der Waals surface area (Å²) in [5, 5.41) is 0. The summed E-state index contributed by atoms with van der Waals surface area (Å²) in [6, 6.07) is 9.46. The summed E-state index contributed by atoms with van der Waals surface area (Å²) >= 11 is 3.49. The molecule has 1 aromatic carbocycles. The average Bonchev–Trinajstić information content (AvgIpc) is 2.30. The highest BCUT2D eigenvalue weighted by Gasteiger charge is 2.06. The number of aromatic nitrogens is 1. The number of ether oxygens (including phenoxy) is 1. The summed E-state index contributed by atoms with van der Waals surface area (Å²) in [5.41, 5.74) is 6.90. The van der Waals surface area contributed by atoms with E-state index in [2.05, 4.69) is 20.9 Å². The van der Waals surface area contributed by atoms with Crippen molar-refractivity contribution < 1.29 is 4.74 Å². The van der Waals surface area contributed by atoms with Gasteiger partial charge in [0.2, 0.25) is 0 Å². The Morgan fingerprint density at radius 2 is 2.12 bits per heavy atom. The molecule has 0 aliphatic rings. The molecular formula is C13H13BrN2O. The van der Waals surface area contributed by atoms with Gasteiger partial charge in [0.15, 0.2) is 0 Å². The van der Waals surface area contributed by atoms with Crippen LogP contribution in [-0.4, -0.2) is 4.98 Å². The molecule has 2 aromatic rings. The van der Waals surface area contributed by atoms with Crippen molar-refractivity contribution in [3.63, 3.8) is 0 Å². The van der Waals surface area contributed by atoms with E-state index in [0.717, 1.165) is 15.8 Å². The molecule has 2 N–H and O–H groups in total. The Hall–Kier alpha value is -1.39. The number of hydrogen-bond donors (Lipinski definition) is 1. The van der Waals surface area contributed by atoms with Crippen LogP contribution in [0.1, 0.15) is 18.5 Å². The van der Waals surface area contributed by atoms with Gasteiger partial charge in [-0.2, -0.15) is 0 Å². The van der Waals surface area contributed by atoms with Gasteiger partial charge in [0.1, 0.15) is 11.5 Å². The van der Waals surface area contributed by atoms with E-state index in [0.29, 0.717) is 5.75 Å². The maximum absolute atomic E-state index is 5.84. The van der Waals surface area contributed by atoms with E-state index >= 15 is 0 Å². The van der Waals surface area contributed by atoms with Crippen LogP contribution in [0.2, 0.25) is 0 Å². The van der Waals surface area contributed by atoms with Gasteiger partial charge in [-0.3, -0.25) is 4.98 Å². The molecule has 0 amide bonds. The Morgan fingerprint density at radius 3 is 2.71 bits per heavy atom. The molecule has 0 aliphatic heterocycles. The zero-order valence-electron chi connectivity index (χ0n) is 9.43. The van der Waals surface area contributed by atoms with E-state index in [4.69, 9.17) is 10.5 Å². The van der Waals surface area contributed by atoms with Crippen molar-refractivity contribution in [2.24, 2.45) is 5.73 Å². The molecule has 0 radical (unpaired) electrons. The van der Waals surface area contributed by atoms with Crippen molar-refractivity contribution >= 4 is 15.9 Å². The minimum absolute atomic E-state index is 0.00295. The second-order valence-electron chi connectivity index (χ2n) is 3.76. The van der Waals surface area contributed by atoms with Crippen molar-refractivity contribution in [2.75, 3.05) is 0 Å². The molecule has 0 fully saturated rings. The number of rotatable bonds is 3. The third kappa shape index (κ3) is 3.05. The molecule has 0 saturated carbocycles. The monoisotopic (exact) mass is 292 g/mol. The maximum Gasteiger partial charge on any atom is 0.145 e. The Morgan fingerprint density at radius 1 is 1.29 bits per heavy atom. The van der Waals surface area contributed by atoms with Gasteiger partial charge < -0.3 is 10.5 Å². The maximum atomic E-state index is 5.84. The number of hydrogen-bond acceptors (Lipinski definition) is 3. The molecule has 1 heterocycles. The highest BCUT2D eigenvalue weighted by Crippen LogP contribution is 2.29. The average molecular weight is 293 g/mol. The summed E-state index contributed by atoms with van der Waals surface area (Å²) in [7, 11) is 0. The number of benzene rings is 1. The van der Waals surface area contributed by atoms with E-state index in [1.807, 2.05) is 37.3 Å². The van der Waals surface area contributed by atoms with Crippen LogP contribution in [0.4, 0.5) is 0 Å². The molecule has 3 nitrogen and oxygen atoms in total. The number of halogens is 1. The van der Waals surface area contributed by atoms with E-state index in [-0.39, 0.29) is 6.04 Å². The molecular weight excluding hydrogens is 280 g/mol. The summed E-state index contributed by atoms with van der Waals surface area (Å²) in [5.74, 6) is 1.47. The standard InChI is InChI=1S/C13H13BrN2O/c1-9(15)12-5-4-10(7-13(12)14)17-11-3-2-6-16-8-11/h2-9H,15H2,1H3. The van der Waals surface area contributed by atoms with Gasteiger partial charge in [-0.15, -0.1) is 0 Å². The van der Waals surface area contributed by atoms with Gasteiger partial charge in [-0.25, -0.2) is 0 Å². The van der Waals surface area contributed by atoms with Gasteiger partial charge in [-0.1, -0.05) is 22.0 Å². The van der Waals surface area contributed by atoms with Crippen molar-refractivity contribution in [3.05, 3.63) is 52.8 Å². The molecule has 2 rings (SSSR count). The molecule has 0 bridgehead atoms. The lowest BCUT2D eigenvalue weighted by molar-refractivity contribution is 0.479. The lowest BCUT2D eigenvalue weighted by atomic mass is 10.1. The third-order valence-corrected chi connectivity index (χ3v) is 3.02. The zero-order chi connectivity index (χ0) is 12.3. The van der Waals surface area contributed by atoms with Crippen LogP contribution >= 0.6 is 15.9 Å². The van der Waals surface area contributed by atoms with Crippen molar-refractivity contribution in [1.82, 2.24) is 4.98 Å². The van der Waals surface area contributed by atoms with Crippen LogP contribution in [0, 0.1) is 0 Å². The van der Waals surface area contributed by atoms with Crippen molar-refractivity contribution in [2.45, 2.75) is 13.0 Å². The number of nitrogens with two attached hydrogens (primary N) is 1. The van der Waals surface area contributed by atoms with E-state index in [9.17, 15) is 0 Å². The van der Waals surface area contributed by atoms with E-state index < -0.39 is 0 Å². The largest absolute Gasteiger partial charge is 0.456 e. The fraction of sp³-hybridized carbons (Fsp3) is 0.154. The molecule has 17 heavy (non-hydrogen) atoms. The highest BCUT2D eigenvalue weighted by molar-refractivity contribution is 9.10. The number of pyridine rings is 1. The Bertz CT molecular complexity index is 500. The summed E-state index contributed by atoms with van der Waals surface area (Å²) in [4.78, 5) is 3.99. The van der Waals surface area contributed by atoms with Gasteiger partial charge in [0, 0.05) is 16.7 Å². The van der Waals surface area contributed by atoms with Gasteiger partial charge in [0.25, 0.3) is 0 Å². The Labute approximate surface area is 109 Å². The summed E-state index contributed by atoms with van der Waals surface area (Å²) in [6.45, 7) is 1.95. The first-order valence-electron chi connectivity index (χ1n) is 5.30. The zero-order valence-corrected chi connectivity index (χ0v) is 11.0. The quantitative estimate of drug-likeness (QED) is 0.939. The van der Waals surface area contributed by atoms with Gasteiger partial charge in [-0.05, 0) is 36.8 Å². The summed E-state index contributed by atoms with van der Waals surface area (Å²) in [6.07, 6.45) is 3.38. The van der Waals surface area contributed by atoms with Gasteiger partial charge in [0.05, 0.1) is 6.20 Å². The normalized spacial score (nSPS) is 12.2. The topological polar surface area (TPSA) is 48.1 Å². The van der Waals surface area contributed by atoms with Crippen LogP contribution in [0.5, 0.6) is 11.5 Å². The predicted octanol–water partition coefficient (Wildman–Crippen LogP) is 3.66. The van der Waals surface area contributed by atoms with Crippen LogP contribution in [0.25, 0.3) is 0 Å². The fourth-order valence-corrected chi connectivity index (χ4v) is 2.20. The molecule has 88 valence electrons. The second kappa shape index (κ2) is 5.29. The fourth-order valence-electron chi connectivity index (χ4n) is 1.48. The molecule has 1 atom stereocenters. The lowest BCUT2D eigenvalue weighted by Crippen LogP contribution is -2.05.